The number of hydrogen-bond donors (Lipinski definition) is 2. The zero-order chi connectivity index (χ0) is 10.4. The summed E-state index contributed by atoms with van der Waals surface area (Å²) in [5.41, 5.74) is 6.30. The molecule has 1 aromatic rings. The van der Waals surface area contributed by atoms with Gasteiger partial charge in [-0.15, -0.1) is 11.3 Å². The third-order valence-corrected chi connectivity index (χ3v) is 2.68. The molecule has 0 radical (unpaired) electrons. The smallest absolute Gasteiger partial charge is 0.220 e. The number of nitrogens with one attached hydrogen (secondary N) is 1. The fourth-order valence-electron chi connectivity index (χ4n) is 1.01. The van der Waals surface area contributed by atoms with Crippen molar-refractivity contribution in [3.63, 3.8) is 0 Å². The number of aryl methyl sites for hydroxylation is 1. The second kappa shape index (κ2) is 5.72. The number of amides is 1. The fraction of sp³-hybridized carbons (Fsp3) is 0.556. The van der Waals surface area contributed by atoms with Crippen molar-refractivity contribution in [2.75, 3.05) is 6.54 Å². The molecular weight excluding hydrogens is 198 g/mol. The maximum Gasteiger partial charge on any atom is 0.220 e. The molecule has 0 saturated heterocycles. The van der Waals surface area contributed by atoms with Crippen molar-refractivity contribution < 1.29 is 4.79 Å². The van der Waals surface area contributed by atoms with Crippen molar-refractivity contribution in [3.05, 3.63) is 16.1 Å². The van der Waals surface area contributed by atoms with E-state index in [1.807, 2.05) is 12.3 Å². The van der Waals surface area contributed by atoms with Gasteiger partial charge in [-0.1, -0.05) is 0 Å². The molecule has 0 aromatic carbocycles. The molecule has 1 amide bonds. The fourth-order valence-corrected chi connectivity index (χ4v) is 1.72. The Morgan fingerprint density at radius 1 is 1.71 bits per heavy atom. The van der Waals surface area contributed by atoms with Gasteiger partial charge < -0.3 is 11.1 Å². The lowest BCUT2D eigenvalue weighted by Crippen LogP contribution is -2.23. The van der Waals surface area contributed by atoms with Gasteiger partial charge in [-0.25, -0.2) is 4.98 Å². The highest BCUT2D eigenvalue weighted by atomic mass is 32.1. The first-order valence-electron chi connectivity index (χ1n) is 4.60. The van der Waals surface area contributed by atoms with Crippen LogP contribution >= 0.6 is 11.3 Å². The molecule has 0 aliphatic rings. The lowest BCUT2D eigenvalue weighted by molar-refractivity contribution is -0.121. The van der Waals surface area contributed by atoms with E-state index in [1.165, 1.54) is 0 Å². The number of nitrogens with zero attached hydrogens (tertiary/aromatic N) is 1. The van der Waals surface area contributed by atoms with Gasteiger partial charge in [-0.3, -0.25) is 4.79 Å². The minimum Gasteiger partial charge on any atom is -0.350 e. The third-order valence-electron chi connectivity index (χ3n) is 1.71. The summed E-state index contributed by atoms with van der Waals surface area (Å²) in [6.07, 6.45) is 1.24. The largest absolute Gasteiger partial charge is 0.350 e. The van der Waals surface area contributed by atoms with Crippen LogP contribution in [0.1, 0.15) is 23.5 Å². The first-order chi connectivity index (χ1) is 6.72. The molecule has 14 heavy (non-hydrogen) atoms. The van der Waals surface area contributed by atoms with Gasteiger partial charge in [0.1, 0.15) is 5.01 Å². The summed E-state index contributed by atoms with van der Waals surface area (Å²) in [5.74, 6) is 0.0447. The summed E-state index contributed by atoms with van der Waals surface area (Å²) in [6.45, 7) is 3.03. The van der Waals surface area contributed by atoms with Crippen LogP contribution in [0.3, 0.4) is 0 Å². The summed E-state index contributed by atoms with van der Waals surface area (Å²) >= 11 is 1.56. The molecule has 0 spiro atoms. The zero-order valence-corrected chi connectivity index (χ0v) is 9.06. The monoisotopic (exact) mass is 213 g/mol. The van der Waals surface area contributed by atoms with Crippen molar-refractivity contribution in [1.29, 1.82) is 0 Å². The third kappa shape index (κ3) is 3.85. The summed E-state index contributed by atoms with van der Waals surface area (Å²) < 4.78 is 0. The van der Waals surface area contributed by atoms with Gasteiger partial charge in [0.15, 0.2) is 0 Å². The predicted molar refractivity (Wildman–Crippen MR) is 57.0 cm³/mol. The number of carbonyl (C=O) groups is 1. The van der Waals surface area contributed by atoms with Crippen LogP contribution in [0.5, 0.6) is 0 Å². The van der Waals surface area contributed by atoms with E-state index < -0.39 is 0 Å². The molecular formula is C9H15N3OS. The van der Waals surface area contributed by atoms with Crippen molar-refractivity contribution in [2.45, 2.75) is 26.3 Å². The van der Waals surface area contributed by atoms with Crippen LogP contribution in [0.2, 0.25) is 0 Å². The summed E-state index contributed by atoms with van der Waals surface area (Å²) in [6, 6.07) is 0. The molecule has 1 rings (SSSR count). The van der Waals surface area contributed by atoms with Crippen LogP contribution in [0.15, 0.2) is 5.38 Å². The Morgan fingerprint density at radius 3 is 3.07 bits per heavy atom. The highest BCUT2D eigenvalue weighted by molar-refractivity contribution is 7.09. The number of aromatic nitrogens is 1. The van der Waals surface area contributed by atoms with Gasteiger partial charge in [0.25, 0.3) is 0 Å². The highest BCUT2D eigenvalue weighted by Crippen LogP contribution is 2.07. The average molecular weight is 213 g/mol. The Morgan fingerprint density at radius 2 is 2.50 bits per heavy atom. The van der Waals surface area contributed by atoms with E-state index in [9.17, 15) is 4.79 Å². The van der Waals surface area contributed by atoms with Crippen molar-refractivity contribution in [1.82, 2.24) is 10.3 Å². The highest BCUT2D eigenvalue weighted by Gasteiger charge is 2.02. The van der Waals surface area contributed by atoms with E-state index in [0.29, 0.717) is 19.5 Å². The van der Waals surface area contributed by atoms with Crippen molar-refractivity contribution >= 4 is 17.2 Å². The van der Waals surface area contributed by atoms with Gasteiger partial charge in [0.05, 0.1) is 6.54 Å². The average Bonchev–Trinajstić information content (AvgIpc) is 2.58. The molecule has 0 bridgehead atoms. The number of nitrogens with two attached hydrogens (primary N) is 1. The minimum atomic E-state index is 0.0447. The van der Waals surface area contributed by atoms with Gasteiger partial charge in [0, 0.05) is 17.5 Å². The Labute approximate surface area is 87.5 Å². The molecule has 0 atom stereocenters. The molecule has 78 valence electrons. The van der Waals surface area contributed by atoms with E-state index >= 15 is 0 Å². The van der Waals surface area contributed by atoms with E-state index in [4.69, 9.17) is 5.73 Å². The van der Waals surface area contributed by atoms with E-state index in [1.54, 1.807) is 11.3 Å². The summed E-state index contributed by atoms with van der Waals surface area (Å²) in [4.78, 5) is 15.4. The maximum absolute atomic E-state index is 11.2. The van der Waals surface area contributed by atoms with E-state index in [0.717, 1.165) is 17.1 Å². The maximum atomic E-state index is 11.2. The number of rotatable bonds is 5. The molecule has 1 aromatic heterocycles. The van der Waals surface area contributed by atoms with Crippen LogP contribution in [0.4, 0.5) is 0 Å². The molecule has 1 heterocycles. The first-order valence-corrected chi connectivity index (χ1v) is 5.48. The predicted octanol–water partition coefficient (Wildman–Crippen LogP) is 0.807. The molecule has 4 nitrogen and oxygen atoms in total. The van der Waals surface area contributed by atoms with Crippen LogP contribution in [0.25, 0.3) is 0 Å². The van der Waals surface area contributed by atoms with Crippen molar-refractivity contribution in [3.8, 4) is 0 Å². The second-order valence-electron chi connectivity index (χ2n) is 3.05. The van der Waals surface area contributed by atoms with Crippen molar-refractivity contribution in [2.24, 2.45) is 5.73 Å². The second-order valence-corrected chi connectivity index (χ2v) is 3.99. The van der Waals surface area contributed by atoms with Crippen LogP contribution in [-0.4, -0.2) is 17.4 Å². The number of hydrogen-bond acceptors (Lipinski definition) is 4. The Balaban J connectivity index is 2.23. The normalized spacial score (nSPS) is 10.1. The topological polar surface area (TPSA) is 68.0 Å². The van der Waals surface area contributed by atoms with Gasteiger partial charge in [-0.2, -0.15) is 0 Å². The lowest BCUT2D eigenvalue weighted by atomic mass is 10.3. The molecule has 0 fully saturated rings. The standard InChI is InChI=1S/C9H15N3OS/c1-7-6-14-9(12-7)5-11-8(13)3-2-4-10/h6H,2-5,10H2,1H3,(H,11,13). The summed E-state index contributed by atoms with van der Waals surface area (Å²) in [5, 5.41) is 5.72. The molecule has 0 aliphatic carbocycles. The quantitative estimate of drug-likeness (QED) is 0.760. The SMILES string of the molecule is Cc1csc(CNC(=O)CCCN)n1. The molecule has 0 unspecified atom stereocenters. The molecule has 0 aliphatic heterocycles. The number of carbonyl (C=O) groups excluding carboxylic acids is 1. The zero-order valence-electron chi connectivity index (χ0n) is 8.25. The molecule has 3 N–H and O–H groups in total. The van der Waals surface area contributed by atoms with Crippen LogP contribution in [0, 0.1) is 6.92 Å². The minimum absolute atomic E-state index is 0.0447. The first kappa shape index (κ1) is 11.1. The van der Waals surface area contributed by atoms with E-state index in [-0.39, 0.29) is 5.91 Å². The lowest BCUT2D eigenvalue weighted by Gasteiger charge is -2.01. The molecule has 5 heteroatoms. The van der Waals surface area contributed by atoms with Crippen LogP contribution in [-0.2, 0) is 11.3 Å². The number of thiazole rings is 1. The Kier molecular flexibility index (Phi) is 4.55. The molecule has 0 saturated carbocycles. The van der Waals surface area contributed by atoms with Gasteiger partial charge >= 0.3 is 0 Å². The Hall–Kier alpha value is -0.940. The van der Waals surface area contributed by atoms with Gasteiger partial charge in [0.2, 0.25) is 5.91 Å². The Bertz CT molecular complexity index is 298. The van der Waals surface area contributed by atoms with E-state index in [2.05, 4.69) is 10.3 Å². The summed E-state index contributed by atoms with van der Waals surface area (Å²) in [7, 11) is 0. The van der Waals surface area contributed by atoms with Crippen LogP contribution < -0.4 is 11.1 Å². The van der Waals surface area contributed by atoms with Gasteiger partial charge in [-0.05, 0) is 19.9 Å².